The molecule has 0 bridgehead atoms. The molecular formula is C39H60Cl3NO7SSi. The van der Waals surface area contributed by atoms with E-state index in [2.05, 4.69) is 38.9 Å². The SMILES string of the molecule is C=CC[C@H](C)[C@H](OC(=O)OCC(Cl)(Cl)Cl)[C@@H](C)C(=O)C(C)(C)[C@H](CC(=O)O[C@@H](C/C=C(/C)C(=C)C)/C(C)=C/c1csc(C)n1)O[Si](CC)(CC)CC. The number of aryl methyl sites for hydroxylation is 1. The van der Waals surface area contributed by atoms with Crippen LogP contribution in [0.2, 0.25) is 18.1 Å². The van der Waals surface area contributed by atoms with Crippen molar-refractivity contribution in [1.29, 1.82) is 0 Å². The lowest BCUT2D eigenvalue weighted by Crippen LogP contribution is -2.52. The Morgan fingerprint density at radius 1 is 1.02 bits per heavy atom. The zero-order valence-electron chi connectivity index (χ0n) is 32.9. The van der Waals surface area contributed by atoms with Crippen molar-refractivity contribution in [3.8, 4) is 0 Å². The first-order valence-corrected chi connectivity index (χ1v) is 22.5. The Bertz CT molecular complexity index is 1420. The highest BCUT2D eigenvalue weighted by atomic mass is 35.6. The van der Waals surface area contributed by atoms with Gasteiger partial charge in [-0.2, -0.15) is 0 Å². The van der Waals surface area contributed by atoms with Crippen LogP contribution < -0.4 is 0 Å². The van der Waals surface area contributed by atoms with Crippen LogP contribution in [0.1, 0.15) is 99.2 Å². The number of alkyl halides is 3. The number of hydrogen-bond donors (Lipinski definition) is 0. The van der Waals surface area contributed by atoms with Crippen molar-refractivity contribution in [2.75, 3.05) is 6.61 Å². The highest BCUT2D eigenvalue weighted by molar-refractivity contribution is 7.09. The van der Waals surface area contributed by atoms with Gasteiger partial charge < -0.3 is 18.6 Å². The summed E-state index contributed by atoms with van der Waals surface area (Å²) in [5.74, 6) is -1.84. The molecule has 1 aromatic heterocycles. The topological polar surface area (TPSA) is 101 Å². The number of halogens is 3. The molecule has 0 aliphatic carbocycles. The van der Waals surface area contributed by atoms with Gasteiger partial charge in [0.2, 0.25) is 3.79 Å². The Hall–Kier alpha value is -1.95. The molecule has 8 nitrogen and oxygen atoms in total. The number of ketones is 1. The van der Waals surface area contributed by atoms with E-state index < -0.39 is 60.5 Å². The number of hydrogen-bond acceptors (Lipinski definition) is 9. The summed E-state index contributed by atoms with van der Waals surface area (Å²) in [4.78, 5) is 45.9. The summed E-state index contributed by atoms with van der Waals surface area (Å²) < 4.78 is 22.1. The average Bonchev–Trinajstić information content (AvgIpc) is 3.49. The predicted molar refractivity (Wildman–Crippen MR) is 219 cm³/mol. The monoisotopic (exact) mass is 819 g/mol. The van der Waals surface area contributed by atoms with E-state index in [1.165, 1.54) is 0 Å². The maximum atomic E-state index is 14.6. The molecule has 5 atom stereocenters. The Morgan fingerprint density at radius 2 is 1.62 bits per heavy atom. The average molecular weight is 821 g/mol. The molecule has 0 amide bonds. The molecule has 0 unspecified atom stereocenters. The first-order chi connectivity index (χ1) is 24.1. The molecule has 0 aliphatic rings. The summed E-state index contributed by atoms with van der Waals surface area (Å²) >= 11 is 18.8. The van der Waals surface area contributed by atoms with Crippen LogP contribution in [0.25, 0.3) is 6.08 Å². The van der Waals surface area contributed by atoms with Gasteiger partial charge in [-0.05, 0) is 69.8 Å². The van der Waals surface area contributed by atoms with Crippen LogP contribution in [0.5, 0.6) is 0 Å². The first-order valence-electron chi connectivity index (χ1n) is 17.9. The Labute approximate surface area is 332 Å². The second-order valence-corrected chi connectivity index (χ2v) is 22.5. The van der Waals surface area contributed by atoms with E-state index in [0.717, 1.165) is 45.6 Å². The second-order valence-electron chi connectivity index (χ2n) is 14.2. The first kappa shape index (κ1) is 48.1. The number of carbonyl (C=O) groups is 3. The Morgan fingerprint density at radius 3 is 2.10 bits per heavy atom. The van der Waals surface area contributed by atoms with Crippen molar-refractivity contribution in [1.82, 2.24) is 4.98 Å². The van der Waals surface area contributed by atoms with Gasteiger partial charge in [0.1, 0.15) is 24.6 Å². The third-order valence-corrected chi connectivity index (χ3v) is 15.6. The van der Waals surface area contributed by atoms with Crippen molar-refractivity contribution in [2.45, 2.75) is 136 Å². The quantitative estimate of drug-likeness (QED) is 0.0375. The third-order valence-electron chi connectivity index (χ3n) is 9.81. The second kappa shape index (κ2) is 21.8. The number of allylic oxidation sites excluding steroid dienone is 3. The van der Waals surface area contributed by atoms with Gasteiger partial charge in [-0.3, -0.25) is 9.59 Å². The van der Waals surface area contributed by atoms with E-state index in [4.69, 9.17) is 53.4 Å². The van der Waals surface area contributed by atoms with Crippen LogP contribution in [0.4, 0.5) is 4.79 Å². The van der Waals surface area contributed by atoms with Crippen LogP contribution in [0, 0.1) is 24.2 Å². The van der Waals surface area contributed by atoms with Gasteiger partial charge in [-0.1, -0.05) is 113 Å². The van der Waals surface area contributed by atoms with Crippen LogP contribution in [0.3, 0.4) is 0 Å². The smallest absolute Gasteiger partial charge is 0.457 e. The predicted octanol–water partition coefficient (Wildman–Crippen LogP) is 11.8. The van der Waals surface area contributed by atoms with Crippen molar-refractivity contribution in [3.05, 3.63) is 58.1 Å². The molecule has 52 heavy (non-hydrogen) atoms. The number of esters is 1. The summed E-state index contributed by atoms with van der Waals surface area (Å²) in [6, 6.07) is 2.43. The molecule has 0 radical (unpaired) electrons. The normalized spacial score (nSPS) is 16.0. The number of Topliss-reactive ketones (excluding diaryl/α,β-unsaturated/α-hetero) is 1. The lowest BCUT2D eigenvalue weighted by atomic mass is 9.73. The van der Waals surface area contributed by atoms with E-state index in [1.54, 1.807) is 38.2 Å². The molecule has 13 heteroatoms. The maximum Gasteiger partial charge on any atom is 0.508 e. The molecule has 0 fully saturated rings. The summed E-state index contributed by atoms with van der Waals surface area (Å²) in [6.07, 6.45) is 3.02. The molecule has 294 valence electrons. The number of ether oxygens (including phenoxy) is 3. The summed E-state index contributed by atoms with van der Waals surface area (Å²) in [7, 11) is -2.36. The molecule has 0 aromatic carbocycles. The molecule has 0 saturated carbocycles. The minimum Gasteiger partial charge on any atom is -0.457 e. The molecular weight excluding hydrogens is 761 g/mol. The molecule has 0 spiro atoms. The highest BCUT2D eigenvalue weighted by Gasteiger charge is 2.47. The van der Waals surface area contributed by atoms with Crippen LogP contribution in [-0.4, -0.2) is 59.9 Å². The fourth-order valence-electron chi connectivity index (χ4n) is 5.95. The largest absolute Gasteiger partial charge is 0.508 e. The number of aromatic nitrogens is 1. The van der Waals surface area contributed by atoms with Crippen molar-refractivity contribution in [2.24, 2.45) is 17.3 Å². The van der Waals surface area contributed by atoms with E-state index in [9.17, 15) is 14.4 Å². The van der Waals surface area contributed by atoms with Crippen molar-refractivity contribution in [3.63, 3.8) is 0 Å². The number of carbonyl (C=O) groups excluding carboxylic acids is 3. The zero-order chi connectivity index (χ0) is 40.0. The van der Waals surface area contributed by atoms with E-state index >= 15 is 0 Å². The lowest BCUT2D eigenvalue weighted by molar-refractivity contribution is -0.153. The third kappa shape index (κ3) is 15.4. The minimum atomic E-state index is -2.36. The van der Waals surface area contributed by atoms with Gasteiger partial charge >= 0.3 is 12.1 Å². The van der Waals surface area contributed by atoms with Gasteiger partial charge in [-0.15, -0.1) is 17.9 Å². The van der Waals surface area contributed by atoms with Gasteiger partial charge in [0.05, 0.1) is 29.1 Å². The molecule has 0 saturated heterocycles. The van der Waals surface area contributed by atoms with E-state index in [-0.39, 0.29) is 18.1 Å². The minimum absolute atomic E-state index is 0.151. The van der Waals surface area contributed by atoms with Gasteiger partial charge in [0.25, 0.3) is 0 Å². The fourth-order valence-corrected chi connectivity index (χ4v) is 9.67. The molecule has 1 heterocycles. The van der Waals surface area contributed by atoms with Crippen molar-refractivity contribution < 1.29 is 33.0 Å². The molecule has 1 rings (SSSR count). The van der Waals surface area contributed by atoms with Crippen LogP contribution in [0.15, 0.2) is 47.4 Å². The summed E-state index contributed by atoms with van der Waals surface area (Å²) in [5.41, 5.74) is 2.37. The zero-order valence-corrected chi connectivity index (χ0v) is 37.0. The van der Waals surface area contributed by atoms with Gasteiger partial charge in [0, 0.05) is 17.2 Å². The standard InChI is InChI=1S/C39H60Cl3NO7SSi/c1-14-18-27(8)35(49-37(46)47-24-39(40,41)42)29(10)36(45)38(12,13)33(50-52(15-2,16-3)17-4)22-34(44)48-32(20-19-26(7)25(5)6)28(9)21-31-23-51-30(11)43-31/h14,19,21,23,27,29,32-33,35H,1,5,15-18,20,22,24H2,2-4,6-13H3/b26-19-,28-21+/t27-,29+,32-,33-,35-/m0/s1. The highest BCUT2D eigenvalue weighted by Crippen LogP contribution is 2.38. The lowest BCUT2D eigenvalue weighted by Gasteiger charge is -2.42. The summed E-state index contributed by atoms with van der Waals surface area (Å²) in [5, 5.41) is 2.90. The Balaban J connectivity index is 3.57. The Kier molecular flexibility index (Phi) is 20.2. The summed E-state index contributed by atoms with van der Waals surface area (Å²) in [6.45, 7) is 28.5. The number of rotatable bonds is 22. The fraction of sp³-hybridized carbons (Fsp3) is 0.641. The maximum absolute atomic E-state index is 14.6. The van der Waals surface area contributed by atoms with Gasteiger partial charge in [-0.25, -0.2) is 9.78 Å². The van der Waals surface area contributed by atoms with Gasteiger partial charge in [0.15, 0.2) is 8.32 Å². The molecule has 0 N–H and O–H groups in total. The van der Waals surface area contributed by atoms with Crippen LogP contribution >= 0.6 is 46.1 Å². The van der Waals surface area contributed by atoms with Crippen molar-refractivity contribution >= 4 is 78.4 Å². The molecule has 0 aliphatic heterocycles. The number of thiazole rings is 1. The molecule has 1 aromatic rings. The number of nitrogens with zero attached hydrogens (tertiary/aromatic N) is 1. The van der Waals surface area contributed by atoms with E-state index in [1.807, 2.05) is 52.2 Å². The van der Waals surface area contributed by atoms with Crippen LogP contribution in [-0.2, 0) is 28.2 Å². The van der Waals surface area contributed by atoms with E-state index in [0.29, 0.717) is 12.8 Å².